The number of phenolic OH excluding ortho intramolecular Hbond substituents is 1. The Morgan fingerprint density at radius 3 is 2.07 bits per heavy atom. The van der Waals surface area contributed by atoms with E-state index < -0.39 is 0 Å². The summed E-state index contributed by atoms with van der Waals surface area (Å²) in [6.45, 7) is 8.14. The third-order valence-corrected chi connectivity index (χ3v) is 10.0. The molecule has 0 spiro atoms. The summed E-state index contributed by atoms with van der Waals surface area (Å²) in [5, 5.41) is 36.0. The van der Waals surface area contributed by atoms with E-state index in [2.05, 4.69) is 59.4 Å². The molecule has 56 heavy (non-hydrogen) atoms. The van der Waals surface area contributed by atoms with Gasteiger partial charge in [-0.2, -0.15) is 0 Å². The van der Waals surface area contributed by atoms with Crippen LogP contribution in [0.4, 0.5) is 23.3 Å². The molecule has 1 saturated carbocycles. The second kappa shape index (κ2) is 17.2. The number of benzene rings is 2. The number of aromatic hydroxyl groups is 1. The van der Waals surface area contributed by atoms with Crippen molar-refractivity contribution in [1.82, 2.24) is 34.8 Å². The number of nitrogens with two attached hydrogens (primary N) is 2. The number of nitrogens with zero attached hydrogens (tertiary/aromatic N) is 5. The van der Waals surface area contributed by atoms with Crippen LogP contribution in [-0.4, -0.2) is 89.8 Å². The standard InChI is InChI=1S/C19H23N7O.C16H17ClN6.C5H8O/c1-26-6-4-12(5-7-26)24-19-16(18(21)22-10-23-19)17(20)15-9-11-8-13(27)2-3-14(11)25-15;1-8(2)22-16-13(15(19)20-7-21-16)14(18)12-5-9-3-4-10(17)6-11(9)23-12;1-4-2-5(4)3-6/h2-3,8-10,12,20,25,27H,4-7H2,1H3,(H3,21,22,23,24);3-8,18,23H,1-2H3,(H3,19,20,21,22);3-5H,2H2,1H3. The number of carbonyl (C=O) groups excluding carboxylic acids is 1. The van der Waals surface area contributed by atoms with Crippen LogP contribution in [0.15, 0.2) is 61.2 Å². The topological polar surface area (TPSA) is 247 Å². The van der Waals surface area contributed by atoms with Crippen molar-refractivity contribution in [2.24, 2.45) is 11.8 Å². The fourth-order valence-electron chi connectivity index (χ4n) is 6.43. The van der Waals surface area contributed by atoms with Gasteiger partial charge in [-0.15, -0.1) is 0 Å². The van der Waals surface area contributed by atoms with Gasteiger partial charge in [0.05, 0.1) is 33.9 Å². The van der Waals surface area contributed by atoms with E-state index in [-0.39, 0.29) is 34.9 Å². The molecule has 2 unspecified atom stereocenters. The maximum atomic E-state index is 9.78. The SMILES string of the molecule is CC(C)Nc1ncnc(N)c1C(=N)c1cc2ccc(Cl)cc2[nH]1.CC1CC1C=O.CN1CCC(Nc2ncnc(N)c2C(=N)c2cc3cc(O)ccc3[nH]2)CC1. The lowest BCUT2D eigenvalue weighted by atomic mass is 10.0. The third kappa shape index (κ3) is 9.41. The van der Waals surface area contributed by atoms with Crippen LogP contribution < -0.4 is 22.1 Å². The van der Waals surface area contributed by atoms with E-state index in [1.165, 1.54) is 12.7 Å². The van der Waals surface area contributed by atoms with Gasteiger partial charge in [0.1, 0.15) is 48.0 Å². The summed E-state index contributed by atoms with van der Waals surface area (Å²) in [6.07, 6.45) is 7.01. The van der Waals surface area contributed by atoms with E-state index in [4.69, 9.17) is 33.9 Å². The molecule has 8 rings (SSSR count). The van der Waals surface area contributed by atoms with Crippen molar-refractivity contribution in [2.45, 2.75) is 52.1 Å². The highest BCUT2D eigenvalue weighted by Crippen LogP contribution is 2.35. The first-order valence-electron chi connectivity index (χ1n) is 18.5. The fraction of sp³-hybridized carbons (Fsp3) is 0.325. The number of hydrogen-bond donors (Lipinski definition) is 9. The number of aldehydes is 1. The van der Waals surface area contributed by atoms with Gasteiger partial charge < -0.3 is 46.9 Å². The van der Waals surface area contributed by atoms with E-state index >= 15 is 0 Å². The second-order valence-electron chi connectivity index (χ2n) is 14.6. The van der Waals surface area contributed by atoms with Crippen LogP contribution in [0.1, 0.15) is 62.5 Å². The Hall–Kier alpha value is -6.06. The lowest BCUT2D eigenvalue weighted by Crippen LogP contribution is -2.37. The molecule has 2 atom stereocenters. The third-order valence-electron chi connectivity index (χ3n) is 9.81. The number of fused-ring (bicyclic) bond motifs is 2. The van der Waals surface area contributed by atoms with Crippen LogP contribution in [-0.2, 0) is 4.79 Å². The van der Waals surface area contributed by atoms with E-state index in [0.29, 0.717) is 57.1 Å². The lowest BCUT2D eigenvalue weighted by Gasteiger charge is -2.30. The number of halogens is 1. The van der Waals surface area contributed by atoms with Crippen molar-refractivity contribution in [3.8, 4) is 5.75 Å². The minimum absolute atomic E-state index is 0.164. The molecule has 2 fully saturated rings. The molecular formula is C40H48ClN13O2. The Morgan fingerprint density at radius 1 is 0.893 bits per heavy atom. The van der Waals surface area contributed by atoms with Gasteiger partial charge in [-0.25, -0.2) is 19.9 Å². The van der Waals surface area contributed by atoms with Gasteiger partial charge in [0.2, 0.25) is 0 Å². The van der Waals surface area contributed by atoms with Crippen LogP contribution in [0.25, 0.3) is 21.8 Å². The maximum absolute atomic E-state index is 9.78. The highest BCUT2D eigenvalue weighted by atomic mass is 35.5. The van der Waals surface area contributed by atoms with Crippen molar-refractivity contribution in [1.29, 1.82) is 10.8 Å². The summed E-state index contributed by atoms with van der Waals surface area (Å²) in [5.74, 6) is 2.98. The molecule has 0 bridgehead atoms. The highest BCUT2D eigenvalue weighted by molar-refractivity contribution is 6.31. The van der Waals surface area contributed by atoms with Gasteiger partial charge >= 0.3 is 0 Å². The second-order valence-corrected chi connectivity index (χ2v) is 15.1. The van der Waals surface area contributed by atoms with Crippen molar-refractivity contribution in [3.63, 3.8) is 0 Å². The van der Waals surface area contributed by atoms with E-state index in [1.807, 2.05) is 44.2 Å². The average Bonchev–Trinajstić information content (AvgIpc) is 3.50. The number of rotatable bonds is 9. The van der Waals surface area contributed by atoms with Gasteiger partial charge in [0.15, 0.2) is 0 Å². The zero-order valence-electron chi connectivity index (χ0n) is 31.8. The number of anilines is 4. The summed E-state index contributed by atoms with van der Waals surface area (Å²) >= 11 is 6.01. The minimum atomic E-state index is 0.164. The number of aromatic nitrogens is 6. The Kier molecular flexibility index (Phi) is 12.1. The molecule has 0 radical (unpaired) electrons. The molecule has 11 N–H and O–H groups in total. The average molecular weight is 778 g/mol. The molecule has 2 aliphatic rings. The first kappa shape index (κ1) is 39.6. The fourth-order valence-corrected chi connectivity index (χ4v) is 6.60. The number of carbonyl (C=O) groups is 1. The number of nitrogen functional groups attached to an aromatic ring is 2. The van der Waals surface area contributed by atoms with Crippen LogP contribution in [0, 0.1) is 22.7 Å². The van der Waals surface area contributed by atoms with Crippen LogP contribution in [0.2, 0.25) is 5.02 Å². The Balaban J connectivity index is 0.000000167. The first-order valence-corrected chi connectivity index (χ1v) is 18.9. The van der Waals surface area contributed by atoms with Gasteiger partial charge in [0.25, 0.3) is 0 Å². The van der Waals surface area contributed by atoms with Gasteiger partial charge in [-0.1, -0.05) is 24.6 Å². The van der Waals surface area contributed by atoms with Crippen LogP contribution in [0.3, 0.4) is 0 Å². The lowest BCUT2D eigenvalue weighted by molar-refractivity contribution is -0.109. The molecule has 2 aromatic carbocycles. The van der Waals surface area contributed by atoms with Gasteiger partial charge in [-0.05, 0) is 102 Å². The van der Waals surface area contributed by atoms with E-state index in [1.54, 1.807) is 18.2 Å². The maximum Gasteiger partial charge on any atom is 0.141 e. The molecule has 4 aromatic heterocycles. The largest absolute Gasteiger partial charge is 0.508 e. The number of aromatic amines is 2. The predicted molar refractivity (Wildman–Crippen MR) is 224 cm³/mol. The number of nitrogens with one attached hydrogen (secondary N) is 6. The summed E-state index contributed by atoms with van der Waals surface area (Å²) in [7, 11) is 2.12. The number of hydrogen-bond acceptors (Lipinski definition) is 13. The quantitative estimate of drug-likeness (QED) is 0.0571. The molecule has 1 saturated heterocycles. The summed E-state index contributed by atoms with van der Waals surface area (Å²) in [5.41, 5.74) is 16.5. The Bertz CT molecular complexity index is 2360. The predicted octanol–water partition coefficient (Wildman–Crippen LogP) is 6.44. The monoisotopic (exact) mass is 777 g/mol. The molecule has 5 heterocycles. The summed E-state index contributed by atoms with van der Waals surface area (Å²) in [4.78, 5) is 35.1. The van der Waals surface area contributed by atoms with Crippen LogP contribution in [0.5, 0.6) is 5.75 Å². The molecule has 6 aromatic rings. The zero-order chi connectivity index (χ0) is 40.1. The molecule has 15 nitrogen and oxygen atoms in total. The normalized spacial score (nSPS) is 16.8. The minimum Gasteiger partial charge on any atom is -0.508 e. The number of likely N-dealkylation sites (tertiary alicyclic amines) is 1. The van der Waals surface area contributed by atoms with E-state index in [0.717, 1.165) is 60.4 Å². The van der Waals surface area contributed by atoms with Crippen molar-refractivity contribution in [3.05, 3.63) is 88.7 Å². The van der Waals surface area contributed by atoms with Crippen LogP contribution >= 0.6 is 11.6 Å². The first-order chi connectivity index (χ1) is 26.8. The van der Waals surface area contributed by atoms with E-state index in [9.17, 15) is 9.90 Å². The summed E-state index contributed by atoms with van der Waals surface area (Å²) < 4.78 is 0. The van der Waals surface area contributed by atoms with Crippen molar-refractivity contribution < 1.29 is 9.90 Å². The smallest absolute Gasteiger partial charge is 0.141 e. The Labute approximate surface area is 329 Å². The summed E-state index contributed by atoms with van der Waals surface area (Å²) in [6, 6.07) is 14.8. The molecule has 0 amide bonds. The number of phenols is 1. The molecular weight excluding hydrogens is 730 g/mol. The molecule has 1 aliphatic carbocycles. The Morgan fingerprint density at radius 2 is 1.48 bits per heavy atom. The molecule has 1 aliphatic heterocycles. The number of H-pyrrole nitrogens is 2. The van der Waals surface area contributed by atoms with Crippen molar-refractivity contribution in [2.75, 3.05) is 42.2 Å². The molecule has 292 valence electrons. The molecule has 16 heteroatoms. The van der Waals surface area contributed by atoms with Gasteiger partial charge in [-0.3, -0.25) is 10.8 Å². The van der Waals surface area contributed by atoms with Crippen molar-refractivity contribution >= 4 is 74.4 Å². The number of piperidine rings is 1. The zero-order valence-corrected chi connectivity index (χ0v) is 32.6. The van der Waals surface area contributed by atoms with Gasteiger partial charge in [0, 0.05) is 44.8 Å². The highest BCUT2D eigenvalue weighted by Gasteiger charge is 2.31.